The standard InChI is InChI=1S/C21H20FN3O3/c1-12(2)19-18(24-17-8-9-23-11-15(17)21(27)28-3)10-14(20(26)25-19)13-6-4-5-7-16(13)22/h4-12H,1-3H3,(H,23,24)(H,25,26). The van der Waals surface area contributed by atoms with E-state index in [4.69, 9.17) is 4.74 Å². The van der Waals surface area contributed by atoms with E-state index in [2.05, 4.69) is 15.3 Å². The quantitative estimate of drug-likeness (QED) is 0.626. The average Bonchev–Trinajstić information content (AvgIpc) is 2.69. The summed E-state index contributed by atoms with van der Waals surface area (Å²) in [6, 6.07) is 9.39. The van der Waals surface area contributed by atoms with Crippen LogP contribution in [-0.4, -0.2) is 28.2 Å². The van der Waals surface area contributed by atoms with Gasteiger partial charge in [0.1, 0.15) is 11.4 Å². The van der Waals surface area contributed by atoms with Crippen molar-refractivity contribution in [2.75, 3.05) is 12.4 Å². The number of pyridine rings is 2. The summed E-state index contributed by atoms with van der Waals surface area (Å²) >= 11 is 0. The first-order valence-corrected chi connectivity index (χ1v) is 8.70. The molecule has 0 atom stereocenters. The van der Waals surface area contributed by atoms with Crippen molar-refractivity contribution in [2.45, 2.75) is 19.8 Å². The van der Waals surface area contributed by atoms with E-state index in [1.54, 1.807) is 30.3 Å². The van der Waals surface area contributed by atoms with Gasteiger partial charge in [0, 0.05) is 23.5 Å². The molecule has 0 unspecified atom stereocenters. The van der Waals surface area contributed by atoms with Crippen molar-refractivity contribution in [3.8, 4) is 17.0 Å². The van der Waals surface area contributed by atoms with Gasteiger partial charge in [-0.15, -0.1) is 0 Å². The van der Waals surface area contributed by atoms with Gasteiger partial charge in [0.25, 0.3) is 0 Å². The first-order valence-electron chi connectivity index (χ1n) is 8.70. The Labute approximate surface area is 162 Å². The van der Waals surface area contributed by atoms with Gasteiger partial charge in [-0.3, -0.25) is 4.98 Å². The second-order valence-electron chi connectivity index (χ2n) is 6.46. The number of aromatic hydroxyl groups is 1. The van der Waals surface area contributed by atoms with Crippen molar-refractivity contribution in [3.05, 3.63) is 65.9 Å². The minimum absolute atomic E-state index is 0.0357. The number of benzene rings is 1. The van der Waals surface area contributed by atoms with Crippen molar-refractivity contribution in [3.63, 3.8) is 0 Å². The normalized spacial score (nSPS) is 10.8. The number of hydrogen-bond donors (Lipinski definition) is 2. The number of nitrogens with zero attached hydrogens (tertiary/aromatic N) is 2. The van der Waals surface area contributed by atoms with Crippen LogP contribution >= 0.6 is 0 Å². The lowest BCUT2D eigenvalue weighted by Gasteiger charge is -2.18. The molecule has 144 valence electrons. The molecule has 7 heteroatoms. The minimum atomic E-state index is -0.539. The summed E-state index contributed by atoms with van der Waals surface area (Å²) in [4.78, 5) is 20.3. The lowest BCUT2D eigenvalue weighted by Crippen LogP contribution is -2.08. The van der Waals surface area contributed by atoms with Crippen LogP contribution in [0.3, 0.4) is 0 Å². The van der Waals surface area contributed by atoms with Crippen LogP contribution in [0.2, 0.25) is 0 Å². The molecule has 0 saturated carbocycles. The summed E-state index contributed by atoms with van der Waals surface area (Å²) in [6.07, 6.45) is 2.93. The van der Waals surface area contributed by atoms with Crippen LogP contribution < -0.4 is 5.32 Å². The van der Waals surface area contributed by atoms with E-state index in [0.717, 1.165) is 0 Å². The molecular weight excluding hydrogens is 361 g/mol. The second-order valence-corrected chi connectivity index (χ2v) is 6.46. The maximum absolute atomic E-state index is 14.3. The molecule has 0 radical (unpaired) electrons. The summed E-state index contributed by atoms with van der Waals surface area (Å²) in [5, 5.41) is 13.6. The molecule has 0 saturated heterocycles. The summed E-state index contributed by atoms with van der Waals surface area (Å²) in [5.74, 6) is -1.31. The van der Waals surface area contributed by atoms with Crippen LogP contribution in [0.25, 0.3) is 11.1 Å². The minimum Gasteiger partial charge on any atom is -0.493 e. The molecule has 0 spiro atoms. The maximum atomic E-state index is 14.3. The monoisotopic (exact) mass is 381 g/mol. The first-order chi connectivity index (χ1) is 13.4. The number of anilines is 2. The van der Waals surface area contributed by atoms with Gasteiger partial charge in [0.2, 0.25) is 5.88 Å². The number of ether oxygens (including phenoxy) is 1. The van der Waals surface area contributed by atoms with Gasteiger partial charge in [0.15, 0.2) is 0 Å². The Morgan fingerprint density at radius 2 is 1.93 bits per heavy atom. The van der Waals surface area contributed by atoms with Crippen LogP contribution in [0, 0.1) is 5.82 Å². The molecule has 2 N–H and O–H groups in total. The van der Waals surface area contributed by atoms with Crippen molar-refractivity contribution >= 4 is 17.3 Å². The van der Waals surface area contributed by atoms with E-state index in [0.29, 0.717) is 17.1 Å². The van der Waals surface area contributed by atoms with E-state index in [1.165, 1.54) is 25.6 Å². The van der Waals surface area contributed by atoms with Crippen LogP contribution in [-0.2, 0) is 4.74 Å². The Morgan fingerprint density at radius 3 is 2.61 bits per heavy atom. The van der Waals surface area contributed by atoms with Gasteiger partial charge in [-0.05, 0) is 24.1 Å². The van der Waals surface area contributed by atoms with Gasteiger partial charge in [0.05, 0.1) is 24.2 Å². The molecule has 28 heavy (non-hydrogen) atoms. The molecule has 6 nitrogen and oxygen atoms in total. The van der Waals surface area contributed by atoms with Gasteiger partial charge < -0.3 is 15.2 Å². The highest BCUT2D eigenvalue weighted by molar-refractivity contribution is 5.96. The molecule has 2 heterocycles. The Bertz CT molecular complexity index is 1020. The first kappa shape index (κ1) is 19.3. The SMILES string of the molecule is COC(=O)c1cnccc1Nc1cc(-c2ccccc2F)c(O)nc1C(C)C. The Balaban J connectivity index is 2.14. The highest BCUT2D eigenvalue weighted by Crippen LogP contribution is 2.37. The van der Waals surface area contributed by atoms with E-state index in [1.807, 2.05) is 13.8 Å². The van der Waals surface area contributed by atoms with Crippen molar-refractivity contribution in [1.82, 2.24) is 9.97 Å². The number of esters is 1. The molecule has 0 amide bonds. The van der Waals surface area contributed by atoms with Crippen LogP contribution in [0.5, 0.6) is 5.88 Å². The number of carbonyl (C=O) groups excluding carboxylic acids is 1. The van der Waals surface area contributed by atoms with E-state index in [-0.39, 0.29) is 28.5 Å². The molecule has 3 aromatic rings. The third-order valence-corrected chi connectivity index (χ3v) is 4.24. The molecule has 0 bridgehead atoms. The Morgan fingerprint density at radius 1 is 1.18 bits per heavy atom. The lowest BCUT2D eigenvalue weighted by molar-refractivity contribution is 0.0601. The van der Waals surface area contributed by atoms with Crippen LogP contribution in [0.15, 0.2) is 48.8 Å². The molecule has 0 aliphatic rings. The smallest absolute Gasteiger partial charge is 0.341 e. The highest BCUT2D eigenvalue weighted by atomic mass is 19.1. The lowest BCUT2D eigenvalue weighted by atomic mass is 10.0. The predicted molar refractivity (Wildman–Crippen MR) is 104 cm³/mol. The zero-order chi connectivity index (χ0) is 20.3. The molecule has 3 rings (SSSR count). The van der Waals surface area contributed by atoms with Crippen molar-refractivity contribution in [2.24, 2.45) is 0 Å². The fraction of sp³-hybridized carbons (Fsp3) is 0.190. The van der Waals surface area contributed by atoms with E-state index < -0.39 is 11.8 Å². The van der Waals surface area contributed by atoms with Crippen LogP contribution in [0.4, 0.5) is 15.8 Å². The Hall–Kier alpha value is -3.48. The van der Waals surface area contributed by atoms with Crippen LogP contribution in [0.1, 0.15) is 35.8 Å². The fourth-order valence-electron chi connectivity index (χ4n) is 2.86. The number of nitrogens with one attached hydrogen (secondary N) is 1. The third kappa shape index (κ3) is 3.78. The largest absolute Gasteiger partial charge is 0.493 e. The van der Waals surface area contributed by atoms with E-state index in [9.17, 15) is 14.3 Å². The number of hydrogen-bond acceptors (Lipinski definition) is 6. The van der Waals surface area contributed by atoms with Crippen molar-refractivity contribution < 1.29 is 19.0 Å². The fourth-order valence-corrected chi connectivity index (χ4v) is 2.86. The topological polar surface area (TPSA) is 84.3 Å². The van der Waals surface area contributed by atoms with Gasteiger partial charge in [-0.1, -0.05) is 32.0 Å². The zero-order valence-electron chi connectivity index (χ0n) is 15.7. The molecule has 0 fully saturated rings. The highest BCUT2D eigenvalue weighted by Gasteiger charge is 2.19. The zero-order valence-corrected chi connectivity index (χ0v) is 15.7. The summed E-state index contributed by atoms with van der Waals surface area (Å²) < 4.78 is 19.1. The molecule has 2 aromatic heterocycles. The summed E-state index contributed by atoms with van der Waals surface area (Å²) in [7, 11) is 1.29. The van der Waals surface area contributed by atoms with Gasteiger partial charge >= 0.3 is 5.97 Å². The van der Waals surface area contributed by atoms with E-state index >= 15 is 0 Å². The maximum Gasteiger partial charge on any atom is 0.341 e. The number of carbonyl (C=O) groups is 1. The number of methoxy groups -OCH3 is 1. The molecule has 0 aliphatic carbocycles. The van der Waals surface area contributed by atoms with Crippen molar-refractivity contribution in [1.29, 1.82) is 0 Å². The number of halogens is 1. The van der Waals surface area contributed by atoms with Gasteiger partial charge in [-0.2, -0.15) is 0 Å². The Kier molecular flexibility index (Phi) is 5.54. The average molecular weight is 381 g/mol. The molecule has 0 aliphatic heterocycles. The summed E-state index contributed by atoms with van der Waals surface area (Å²) in [6.45, 7) is 3.84. The molecule has 1 aromatic carbocycles. The number of rotatable bonds is 5. The second kappa shape index (κ2) is 8.04. The number of aromatic nitrogens is 2. The summed E-state index contributed by atoms with van der Waals surface area (Å²) in [5.41, 5.74) is 2.32. The van der Waals surface area contributed by atoms with Gasteiger partial charge in [-0.25, -0.2) is 14.2 Å². The predicted octanol–water partition coefficient (Wildman–Crippen LogP) is 4.64. The third-order valence-electron chi connectivity index (χ3n) is 4.24. The molecular formula is C21H20FN3O3.